The fourth-order valence-corrected chi connectivity index (χ4v) is 5.62. The third-order valence-electron chi connectivity index (χ3n) is 6.32. The number of carbonyl (C=O) groups is 1. The van der Waals surface area contributed by atoms with E-state index in [1.54, 1.807) is 0 Å². The minimum absolute atomic E-state index is 0.0314. The van der Waals surface area contributed by atoms with E-state index >= 15 is 0 Å². The van der Waals surface area contributed by atoms with Crippen molar-refractivity contribution in [2.75, 3.05) is 18.5 Å². The normalized spacial score (nSPS) is 33.9. The number of anilines is 1. The first-order valence-electron chi connectivity index (χ1n) is 9.50. The Morgan fingerprint density at radius 2 is 1.64 bits per heavy atom. The number of benzene rings is 1. The van der Waals surface area contributed by atoms with Crippen molar-refractivity contribution in [3.05, 3.63) is 29.8 Å². The van der Waals surface area contributed by atoms with Crippen LogP contribution in [0.1, 0.15) is 48.9 Å². The highest BCUT2D eigenvalue weighted by Gasteiger charge is 2.51. The van der Waals surface area contributed by atoms with Gasteiger partial charge in [-0.2, -0.15) is 0 Å². The predicted molar refractivity (Wildman–Crippen MR) is 96.4 cm³/mol. The molecular formula is C20H28N2O3. The van der Waals surface area contributed by atoms with Crippen molar-refractivity contribution in [2.24, 2.45) is 17.8 Å². The Hall–Kier alpha value is -1.59. The minimum atomic E-state index is -0.779. The standard InChI is InChI=1S/C20H28N2O3/c23-12-18(24)11-21-17-3-1-16(2-4-17)19(25)22-20-8-13-5-14(9-20)7-15(6-13)10-20/h1-4,13-15,18,21,23-24H,5-12H2,(H,22,25). The molecule has 1 aromatic rings. The molecule has 5 rings (SSSR count). The number of aliphatic hydroxyl groups is 2. The molecule has 4 aliphatic rings. The summed E-state index contributed by atoms with van der Waals surface area (Å²) in [5.74, 6) is 2.48. The van der Waals surface area contributed by atoms with Crippen LogP contribution in [0, 0.1) is 17.8 Å². The lowest BCUT2D eigenvalue weighted by Gasteiger charge is -2.56. The van der Waals surface area contributed by atoms with Gasteiger partial charge in [-0.15, -0.1) is 0 Å². The molecule has 1 unspecified atom stereocenters. The lowest BCUT2D eigenvalue weighted by molar-refractivity contribution is -0.0167. The second-order valence-electron chi connectivity index (χ2n) is 8.45. The summed E-state index contributed by atoms with van der Waals surface area (Å²) in [6.45, 7) is 0.0217. The second kappa shape index (κ2) is 6.61. The Labute approximate surface area is 148 Å². The van der Waals surface area contributed by atoms with Crippen LogP contribution in [0.3, 0.4) is 0 Å². The summed E-state index contributed by atoms with van der Waals surface area (Å²) in [7, 11) is 0. The zero-order valence-electron chi connectivity index (χ0n) is 14.6. The highest BCUT2D eigenvalue weighted by Crippen LogP contribution is 2.55. The first-order chi connectivity index (χ1) is 12.0. The molecule has 1 amide bonds. The summed E-state index contributed by atoms with van der Waals surface area (Å²) >= 11 is 0. The van der Waals surface area contributed by atoms with Gasteiger partial charge in [0.05, 0.1) is 12.7 Å². The van der Waals surface area contributed by atoms with Gasteiger partial charge in [-0.25, -0.2) is 0 Å². The predicted octanol–water partition coefficient (Wildman–Crippen LogP) is 2.15. The van der Waals surface area contributed by atoms with E-state index in [1.807, 2.05) is 24.3 Å². The topological polar surface area (TPSA) is 81.6 Å². The molecule has 0 saturated heterocycles. The highest BCUT2D eigenvalue weighted by molar-refractivity contribution is 5.95. The van der Waals surface area contributed by atoms with E-state index in [0.29, 0.717) is 5.56 Å². The maximum atomic E-state index is 12.7. The Morgan fingerprint density at radius 1 is 1.08 bits per heavy atom. The quantitative estimate of drug-likeness (QED) is 0.637. The van der Waals surface area contributed by atoms with Crippen LogP contribution >= 0.6 is 0 Å². The molecule has 1 atom stereocenters. The number of rotatable bonds is 6. The fraction of sp³-hybridized carbons (Fsp3) is 0.650. The van der Waals surface area contributed by atoms with E-state index in [-0.39, 0.29) is 24.6 Å². The zero-order valence-corrected chi connectivity index (χ0v) is 14.6. The number of amides is 1. The monoisotopic (exact) mass is 344 g/mol. The maximum Gasteiger partial charge on any atom is 0.251 e. The molecule has 0 spiro atoms. The molecule has 0 aromatic heterocycles. The number of nitrogens with one attached hydrogen (secondary N) is 2. The molecule has 4 N–H and O–H groups in total. The summed E-state index contributed by atoms with van der Waals surface area (Å²) in [6, 6.07) is 7.34. The largest absolute Gasteiger partial charge is 0.394 e. The molecule has 4 aliphatic carbocycles. The summed E-state index contributed by atoms with van der Waals surface area (Å²) in [5.41, 5.74) is 1.55. The van der Waals surface area contributed by atoms with E-state index in [1.165, 1.54) is 19.3 Å². The molecule has 4 bridgehead atoms. The van der Waals surface area contributed by atoms with Gasteiger partial charge >= 0.3 is 0 Å². The van der Waals surface area contributed by atoms with E-state index in [4.69, 9.17) is 5.11 Å². The summed E-state index contributed by atoms with van der Waals surface area (Å²) in [4.78, 5) is 12.7. The van der Waals surface area contributed by atoms with E-state index in [0.717, 1.165) is 42.7 Å². The van der Waals surface area contributed by atoms with Gasteiger partial charge in [-0.1, -0.05) is 0 Å². The third-order valence-corrected chi connectivity index (χ3v) is 6.32. The van der Waals surface area contributed by atoms with Crippen LogP contribution in [0.2, 0.25) is 0 Å². The van der Waals surface area contributed by atoms with Crippen LogP contribution in [-0.4, -0.2) is 40.9 Å². The smallest absolute Gasteiger partial charge is 0.251 e. The molecule has 4 fully saturated rings. The molecule has 5 nitrogen and oxygen atoms in total. The molecule has 5 heteroatoms. The van der Waals surface area contributed by atoms with Crippen LogP contribution < -0.4 is 10.6 Å². The second-order valence-corrected chi connectivity index (χ2v) is 8.45. The van der Waals surface area contributed by atoms with Gasteiger partial charge in [0.15, 0.2) is 0 Å². The number of aliphatic hydroxyl groups excluding tert-OH is 2. The van der Waals surface area contributed by atoms with Crippen LogP contribution in [0.5, 0.6) is 0 Å². The first-order valence-corrected chi connectivity index (χ1v) is 9.50. The van der Waals surface area contributed by atoms with Crippen molar-refractivity contribution in [2.45, 2.75) is 50.2 Å². The summed E-state index contributed by atoms with van der Waals surface area (Å²) < 4.78 is 0. The fourth-order valence-electron chi connectivity index (χ4n) is 5.62. The highest BCUT2D eigenvalue weighted by atomic mass is 16.3. The zero-order chi connectivity index (χ0) is 17.4. The van der Waals surface area contributed by atoms with Crippen molar-refractivity contribution in [3.8, 4) is 0 Å². The molecule has 0 radical (unpaired) electrons. The van der Waals surface area contributed by atoms with E-state index in [9.17, 15) is 9.90 Å². The SMILES string of the molecule is O=C(NC12CC3CC(CC(C3)C1)C2)c1ccc(NCC(O)CO)cc1. The molecule has 136 valence electrons. The van der Waals surface area contributed by atoms with Gasteiger partial charge in [0.1, 0.15) is 0 Å². The lowest BCUT2D eigenvalue weighted by Crippen LogP contribution is -2.59. The van der Waals surface area contributed by atoms with Crippen molar-refractivity contribution >= 4 is 11.6 Å². The van der Waals surface area contributed by atoms with Gasteiger partial charge in [0, 0.05) is 23.3 Å². The van der Waals surface area contributed by atoms with Gasteiger partial charge in [-0.3, -0.25) is 4.79 Å². The van der Waals surface area contributed by atoms with Crippen molar-refractivity contribution in [1.82, 2.24) is 5.32 Å². The lowest BCUT2D eigenvalue weighted by atomic mass is 9.53. The van der Waals surface area contributed by atoms with Gasteiger partial charge in [0.2, 0.25) is 0 Å². The molecule has 0 aliphatic heterocycles. The maximum absolute atomic E-state index is 12.7. The Balaban J connectivity index is 1.38. The van der Waals surface area contributed by atoms with Crippen LogP contribution in [0.15, 0.2) is 24.3 Å². The molecule has 1 aromatic carbocycles. The number of carbonyl (C=O) groups excluding carboxylic acids is 1. The average molecular weight is 344 g/mol. The van der Waals surface area contributed by atoms with E-state index in [2.05, 4.69) is 10.6 Å². The Kier molecular flexibility index (Phi) is 4.46. The average Bonchev–Trinajstić information content (AvgIpc) is 2.58. The minimum Gasteiger partial charge on any atom is -0.394 e. The molecule has 25 heavy (non-hydrogen) atoms. The van der Waals surface area contributed by atoms with Crippen LogP contribution in [0.4, 0.5) is 5.69 Å². The van der Waals surface area contributed by atoms with E-state index < -0.39 is 6.10 Å². The molecular weight excluding hydrogens is 316 g/mol. The van der Waals surface area contributed by atoms with Crippen molar-refractivity contribution < 1.29 is 15.0 Å². The Morgan fingerprint density at radius 3 is 2.16 bits per heavy atom. The van der Waals surface area contributed by atoms with Gasteiger partial charge in [0.25, 0.3) is 5.91 Å². The van der Waals surface area contributed by atoms with Crippen LogP contribution in [0.25, 0.3) is 0 Å². The van der Waals surface area contributed by atoms with Gasteiger partial charge < -0.3 is 20.8 Å². The number of hydrogen-bond donors (Lipinski definition) is 4. The van der Waals surface area contributed by atoms with Crippen LogP contribution in [-0.2, 0) is 0 Å². The molecule has 4 saturated carbocycles. The summed E-state index contributed by atoms with van der Waals surface area (Å²) in [6.07, 6.45) is 6.80. The summed E-state index contributed by atoms with van der Waals surface area (Å²) in [5, 5.41) is 24.6. The third kappa shape index (κ3) is 3.53. The molecule has 0 heterocycles. The number of hydrogen-bond acceptors (Lipinski definition) is 4. The Bertz CT molecular complexity index is 593. The van der Waals surface area contributed by atoms with Crippen molar-refractivity contribution in [1.29, 1.82) is 0 Å². The van der Waals surface area contributed by atoms with Gasteiger partial charge in [-0.05, 0) is 80.5 Å². The van der Waals surface area contributed by atoms with Crippen molar-refractivity contribution in [3.63, 3.8) is 0 Å². The first kappa shape index (κ1) is 16.9.